The number of hydrogen-bond acceptors (Lipinski definition) is 4. The Bertz CT molecular complexity index is 1090. The Morgan fingerprint density at radius 2 is 2.16 bits per heavy atom. The molecule has 4 rings (SSSR count). The molecule has 128 valence electrons. The van der Waals surface area contributed by atoms with Gasteiger partial charge >= 0.3 is 5.69 Å². The van der Waals surface area contributed by atoms with Gasteiger partial charge in [0.2, 0.25) is 0 Å². The fourth-order valence-corrected chi connectivity index (χ4v) is 3.07. The summed E-state index contributed by atoms with van der Waals surface area (Å²) in [4.78, 5) is 30.3. The maximum Gasteiger partial charge on any atom is 0.337 e. The topological polar surface area (TPSA) is 71.0 Å². The van der Waals surface area contributed by atoms with E-state index in [1.54, 1.807) is 48.3 Å². The number of imidazole rings is 1. The highest BCUT2D eigenvalue weighted by Crippen LogP contribution is 2.32. The van der Waals surface area contributed by atoms with Gasteiger partial charge in [0.1, 0.15) is 5.75 Å². The maximum atomic E-state index is 13.1. The molecule has 1 aliphatic rings. The summed E-state index contributed by atoms with van der Waals surface area (Å²) in [5, 5.41) is 0. The predicted octanol–water partition coefficient (Wildman–Crippen LogP) is 1.88. The second kappa shape index (κ2) is 5.77. The van der Waals surface area contributed by atoms with Crippen molar-refractivity contribution in [2.24, 2.45) is 0 Å². The minimum Gasteiger partial charge on any atom is -0.497 e. The Morgan fingerprint density at radius 1 is 1.36 bits per heavy atom. The van der Waals surface area contributed by atoms with Gasteiger partial charge in [-0.2, -0.15) is 0 Å². The fraction of sp³-hybridized carbons (Fsp3) is 0.278. The van der Waals surface area contributed by atoms with Crippen LogP contribution in [0.4, 0.5) is 0 Å². The lowest BCUT2D eigenvalue weighted by molar-refractivity contribution is 0.414. The van der Waals surface area contributed by atoms with Crippen molar-refractivity contribution in [1.82, 2.24) is 18.7 Å². The third-order valence-electron chi connectivity index (χ3n) is 4.40. The summed E-state index contributed by atoms with van der Waals surface area (Å²) in [7, 11) is 1.57. The molecule has 1 saturated carbocycles. The summed E-state index contributed by atoms with van der Waals surface area (Å²) >= 11 is 0. The average Bonchev–Trinajstić information content (AvgIpc) is 3.36. The van der Waals surface area contributed by atoms with Crippen LogP contribution < -0.4 is 16.0 Å². The molecule has 0 bridgehead atoms. The smallest absolute Gasteiger partial charge is 0.337 e. The van der Waals surface area contributed by atoms with E-state index in [9.17, 15) is 9.59 Å². The van der Waals surface area contributed by atoms with E-state index in [0.29, 0.717) is 29.1 Å². The lowest BCUT2D eigenvalue weighted by atomic mass is 10.3. The first-order valence-electron chi connectivity index (χ1n) is 8.13. The van der Waals surface area contributed by atoms with E-state index in [-0.39, 0.29) is 17.3 Å². The van der Waals surface area contributed by atoms with Crippen LogP contribution >= 0.6 is 0 Å². The summed E-state index contributed by atoms with van der Waals surface area (Å²) in [6.45, 7) is 4.17. The van der Waals surface area contributed by atoms with Crippen molar-refractivity contribution in [2.45, 2.75) is 25.4 Å². The molecule has 2 heterocycles. The van der Waals surface area contributed by atoms with Crippen LogP contribution in [0.1, 0.15) is 18.9 Å². The molecule has 3 aromatic rings. The zero-order valence-electron chi connectivity index (χ0n) is 13.9. The SMILES string of the molecule is C=CCn1cnc2c1c(=O)n(C1CC1)c(=O)n2-c1cccc(OC)c1. The van der Waals surface area contributed by atoms with Crippen molar-refractivity contribution in [3.63, 3.8) is 0 Å². The molecular formula is C18H18N4O3. The molecule has 1 aliphatic carbocycles. The monoisotopic (exact) mass is 338 g/mol. The molecule has 1 fully saturated rings. The number of fused-ring (bicyclic) bond motifs is 1. The molecule has 25 heavy (non-hydrogen) atoms. The van der Waals surface area contributed by atoms with Crippen LogP contribution in [0.5, 0.6) is 5.75 Å². The van der Waals surface area contributed by atoms with Crippen LogP contribution in [0.2, 0.25) is 0 Å². The highest BCUT2D eigenvalue weighted by Gasteiger charge is 2.30. The Kier molecular flexibility index (Phi) is 3.56. The number of allylic oxidation sites excluding steroid dienone is 1. The standard InChI is InChI=1S/C18H18N4O3/c1-3-9-20-11-19-16-15(20)17(23)22(12-7-8-12)18(24)21(16)13-5-4-6-14(10-13)25-2/h3-6,10-12H,1,7-9H2,2H3. The largest absolute Gasteiger partial charge is 0.497 e. The first-order chi connectivity index (χ1) is 12.2. The highest BCUT2D eigenvalue weighted by atomic mass is 16.5. The summed E-state index contributed by atoms with van der Waals surface area (Å²) < 4.78 is 9.82. The second-order valence-corrected chi connectivity index (χ2v) is 6.08. The summed E-state index contributed by atoms with van der Waals surface area (Å²) in [6.07, 6.45) is 4.95. The van der Waals surface area contributed by atoms with E-state index in [1.807, 2.05) is 0 Å². The van der Waals surface area contributed by atoms with E-state index in [2.05, 4.69) is 11.6 Å². The van der Waals surface area contributed by atoms with E-state index >= 15 is 0 Å². The number of benzene rings is 1. The van der Waals surface area contributed by atoms with Gasteiger partial charge in [0.15, 0.2) is 11.2 Å². The molecule has 7 nitrogen and oxygen atoms in total. The third-order valence-corrected chi connectivity index (χ3v) is 4.40. The zero-order chi connectivity index (χ0) is 17.6. The predicted molar refractivity (Wildman–Crippen MR) is 94.6 cm³/mol. The second-order valence-electron chi connectivity index (χ2n) is 6.08. The number of ether oxygens (including phenoxy) is 1. The zero-order valence-corrected chi connectivity index (χ0v) is 13.9. The van der Waals surface area contributed by atoms with Crippen LogP contribution in [0.3, 0.4) is 0 Å². The van der Waals surface area contributed by atoms with Gasteiger partial charge in [-0.1, -0.05) is 12.1 Å². The van der Waals surface area contributed by atoms with Crippen LogP contribution in [0.25, 0.3) is 16.9 Å². The van der Waals surface area contributed by atoms with Crippen LogP contribution in [0, 0.1) is 0 Å². The van der Waals surface area contributed by atoms with Gasteiger partial charge in [-0.25, -0.2) is 14.3 Å². The molecule has 0 spiro atoms. The quantitative estimate of drug-likeness (QED) is 0.666. The molecule has 2 aromatic heterocycles. The van der Waals surface area contributed by atoms with E-state index in [1.165, 1.54) is 9.13 Å². The Morgan fingerprint density at radius 3 is 2.84 bits per heavy atom. The molecule has 1 aromatic carbocycles. The fourth-order valence-electron chi connectivity index (χ4n) is 3.07. The van der Waals surface area contributed by atoms with Gasteiger partial charge < -0.3 is 9.30 Å². The van der Waals surface area contributed by atoms with Crippen molar-refractivity contribution in [2.75, 3.05) is 7.11 Å². The number of hydrogen-bond donors (Lipinski definition) is 0. The number of aromatic nitrogens is 4. The van der Waals surface area contributed by atoms with Gasteiger partial charge in [0, 0.05) is 18.7 Å². The Hall–Kier alpha value is -3.09. The molecule has 0 saturated heterocycles. The summed E-state index contributed by atoms with van der Waals surface area (Å²) in [6, 6.07) is 7.14. The van der Waals surface area contributed by atoms with Crippen molar-refractivity contribution < 1.29 is 4.74 Å². The number of rotatable bonds is 5. The third kappa shape index (κ3) is 2.39. The maximum absolute atomic E-state index is 13.1. The minimum absolute atomic E-state index is 0.0339. The number of nitrogens with zero attached hydrogens (tertiary/aromatic N) is 4. The minimum atomic E-state index is -0.364. The van der Waals surface area contributed by atoms with Crippen molar-refractivity contribution >= 4 is 11.2 Å². The Labute approximate surface area is 143 Å². The van der Waals surface area contributed by atoms with Crippen LogP contribution in [0.15, 0.2) is 52.8 Å². The van der Waals surface area contributed by atoms with Gasteiger partial charge in [0.25, 0.3) is 5.56 Å². The van der Waals surface area contributed by atoms with Gasteiger partial charge in [0.05, 0.1) is 19.1 Å². The molecule has 0 amide bonds. The normalized spacial score (nSPS) is 14.0. The van der Waals surface area contributed by atoms with E-state index in [0.717, 1.165) is 12.8 Å². The van der Waals surface area contributed by atoms with Gasteiger partial charge in [-0.3, -0.25) is 9.36 Å². The molecule has 0 unspecified atom stereocenters. The molecule has 0 aliphatic heterocycles. The molecule has 0 atom stereocenters. The summed E-state index contributed by atoms with van der Waals surface area (Å²) in [5.74, 6) is 0.632. The van der Waals surface area contributed by atoms with Crippen molar-refractivity contribution in [3.8, 4) is 11.4 Å². The highest BCUT2D eigenvalue weighted by molar-refractivity contribution is 5.72. The van der Waals surface area contributed by atoms with Gasteiger partial charge in [-0.05, 0) is 25.0 Å². The van der Waals surface area contributed by atoms with E-state index in [4.69, 9.17) is 4.74 Å². The average molecular weight is 338 g/mol. The lowest BCUT2D eigenvalue weighted by Gasteiger charge is -2.12. The molecule has 7 heteroatoms. The summed E-state index contributed by atoms with van der Waals surface area (Å²) in [5.41, 5.74) is 0.724. The molecule has 0 N–H and O–H groups in total. The molecule has 0 radical (unpaired) electrons. The van der Waals surface area contributed by atoms with Crippen molar-refractivity contribution in [3.05, 3.63) is 64.1 Å². The first kappa shape index (κ1) is 15.4. The molecular weight excluding hydrogens is 320 g/mol. The van der Waals surface area contributed by atoms with Crippen LogP contribution in [-0.4, -0.2) is 25.8 Å². The van der Waals surface area contributed by atoms with E-state index < -0.39 is 0 Å². The van der Waals surface area contributed by atoms with Gasteiger partial charge in [-0.15, -0.1) is 6.58 Å². The number of methoxy groups -OCH3 is 1. The lowest BCUT2D eigenvalue weighted by Crippen LogP contribution is -2.39. The van der Waals surface area contributed by atoms with Crippen molar-refractivity contribution in [1.29, 1.82) is 0 Å². The first-order valence-corrected chi connectivity index (χ1v) is 8.13. The van der Waals surface area contributed by atoms with Crippen LogP contribution in [-0.2, 0) is 6.54 Å². The Balaban J connectivity index is 2.11.